The van der Waals surface area contributed by atoms with Crippen molar-refractivity contribution < 1.29 is 27.4 Å². The summed E-state index contributed by atoms with van der Waals surface area (Å²) in [5.74, 6) is -0.476. The fourth-order valence-corrected chi connectivity index (χ4v) is 1.74. The molecule has 0 aliphatic rings. The van der Waals surface area contributed by atoms with Crippen molar-refractivity contribution >= 4 is 46.6 Å². The van der Waals surface area contributed by atoms with Crippen LogP contribution in [0.4, 0.5) is 23.7 Å². The Hall–Kier alpha value is -1.05. The second-order valence-corrected chi connectivity index (χ2v) is 5.54. The molecule has 0 fully saturated rings. The fourth-order valence-electron chi connectivity index (χ4n) is 1.24. The van der Waals surface area contributed by atoms with E-state index in [2.05, 4.69) is 9.47 Å². The zero-order chi connectivity index (χ0) is 15.6. The smallest absolute Gasteiger partial charge is 0.452 e. The maximum absolute atomic E-state index is 12.0. The molecule has 0 aliphatic carbocycles. The maximum atomic E-state index is 12.0. The van der Waals surface area contributed by atoms with Crippen LogP contribution in [0.2, 0.25) is 0 Å². The lowest BCUT2D eigenvalue weighted by molar-refractivity contribution is -0.274. The van der Waals surface area contributed by atoms with Gasteiger partial charge in [-0.25, -0.2) is 9.69 Å². The number of nitrogens with zero attached hydrogens (tertiary/aromatic N) is 1. The topological polar surface area (TPSA) is 38.8 Å². The predicted molar refractivity (Wildman–Crippen MR) is 68.3 cm³/mol. The zero-order valence-electron chi connectivity index (χ0n) is 9.75. The molecular formula is C10H7Cl3F3NO3. The normalized spacial score (nSPS) is 11.9. The van der Waals surface area contributed by atoms with Gasteiger partial charge in [-0.3, -0.25) is 0 Å². The Morgan fingerprint density at radius 2 is 1.65 bits per heavy atom. The van der Waals surface area contributed by atoms with Gasteiger partial charge in [0.25, 0.3) is 3.92 Å². The maximum Gasteiger partial charge on any atom is 0.573 e. The third kappa shape index (κ3) is 4.81. The summed E-state index contributed by atoms with van der Waals surface area (Å²) in [4.78, 5) is 12.1. The van der Waals surface area contributed by atoms with E-state index >= 15 is 0 Å². The highest BCUT2D eigenvalue weighted by molar-refractivity contribution is 6.69. The monoisotopic (exact) mass is 351 g/mol. The van der Waals surface area contributed by atoms with Gasteiger partial charge in [-0.1, -0.05) is 34.8 Å². The summed E-state index contributed by atoms with van der Waals surface area (Å²) in [5, 5.41) is 0. The zero-order valence-corrected chi connectivity index (χ0v) is 12.0. The molecule has 10 heteroatoms. The van der Waals surface area contributed by atoms with Crippen molar-refractivity contribution in [3.05, 3.63) is 24.3 Å². The molecule has 0 unspecified atom stereocenters. The van der Waals surface area contributed by atoms with E-state index in [0.717, 1.165) is 31.4 Å². The Balaban J connectivity index is 3.03. The van der Waals surface area contributed by atoms with E-state index in [-0.39, 0.29) is 5.69 Å². The Morgan fingerprint density at radius 3 is 2.00 bits per heavy atom. The molecule has 0 saturated heterocycles. The Morgan fingerprint density at radius 1 is 1.15 bits per heavy atom. The first-order chi connectivity index (χ1) is 9.04. The number of amides is 1. The number of carbonyl (C=O) groups excluding carboxylic acids is 1. The van der Waals surface area contributed by atoms with Crippen LogP contribution < -0.4 is 9.64 Å². The van der Waals surface area contributed by atoms with E-state index in [1.807, 2.05) is 0 Å². The number of methoxy groups -OCH3 is 1. The Kier molecular flexibility index (Phi) is 5.23. The largest absolute Gasteiger partial charge is 0.573 e. The van der Waals surface area contributed by atoms with E-state index in [1.54, 1.807) is 0 Å². The molecule has 0 saturated carbocycles. The summed E-state index contributed by atoms with van der Waals surface area (Å²) in [7, 11) is 1.06. The average molecular weight is 353 g/mol. The molecule has 0 bridgehead atoms. The van der Waals surface area contributed by atoms with Crippen molar-refractivity contribution in [1.29, 1.82) is 0 Å². The van der Waals surface area contributed by atoms with Crippen LogP contribution in [0, 0.1) is 0 Å². The van der Waals surface area contributed by atoms with E-state index in [1.165, 1.54) is 0 Å². The lowest BCUT2D eigenvalue weighted by Gasteiger charge is -2.27. The van der Waals surface area contributed by atoms with Crippen LogP contribution in [0.3, 0.4) is 0 Å². The van der Waals surface area contributed by atoms with E-state index in [4.69, 9.17) is 34.8 Å². The number of anilines is 1. The van der Waals surface area contributed by atoms with Crippen LogP contribution in [0.15, 0.2) is 24.3 Å². The molecule has 4 nitrogen and oxygen atoms in total. The number of hydrogen-bond donors (Lipinski definition) is 0. The van der Waals surface area contributed by atoms with Crippen LogP contribution in [0.1, 0.15) is 0 Å². The first kappa shape index (κ1) is 17.0. The Labute approximate surface area is 126 Å². The number of carbonyl (C=O) groups is 1. The molecule has 1 amide bonds. The van der Waals surface area contributed by atoms with Crippen LogP contribution in [0.25, 0.3) is 0 Å². The molecule has 0 aliphatic heterocycles. The summed E-state index contributed by atoms with van der Waals surface area (Å²) < 4.78 is 41.9. The summed E-state index contributed by atoms with van der Waals surface area (Å²) >= 11 is 16.8. The molecule has 0 aromatic heterocycles. The van der Waals surface area contributed by atoms with Gasteiger partial charge in [-0.2, -0.15) is 0 Å². The predicted octanol–water partition coefficient (Wildman–Crippen LogP) is 4.49. The Bertz CT molecular complexity index is 473. The number of alkyl halides is 6. The van der Waals surface area contributed by atoms with Gasteiger partial charge in [-0.05, 0) is 24.3 Å². The van der Waals surface area contributed by atoms with Crippen molar-refractivity contribution in [3.63, 3.8) is 0 Å². The highest BCUT2D eigenvalue weighted by atomic mass is 35.6. The van der Waals surface area contributed by atoms with Gasteiger partial charge < -0.3 is 9.47 Å². The van der Waals surface area contributed by atoms with Crippen LogP contribution >= 0.6 is 34.8 Å². The molecule has 0 heterocycles. The number of rotatable bonds is 2. The number of hydrogen-bond acceptors (Lipinski definition) is 3. The quantitative estimate of drug-likeness (QED) is 0.582. The van der Waals surface area contributed by atoms with E-state index in [0.29, 0.717) is 4.90 Å². The summed E-state index contributed by atoms with van der Waals surface area (Å²) in [6.07, 6.45) is -5.81. The summed E-state index contributed by atoms with van der Waals surface area (Å²) in [6, 6.07) is 4.16. The minimum Gasteiger partial charge on any atom is -0.452 e. The van der Waals surface area contributed by atoms with Crippen LogP contribution in [0.5, 0.6) is 5.75 Å². The molecule has 1 rings (SSSR count). The summed E-state index contributed by atoms with van der Waals surface area (Å²) in [6.45, 7) is 0. The first-order valence-electron chi connectivity index (χ1n) is 4.85. The lowest BCUT2D eigenvalue weighted by Crippen LogP contribution is -2.40. The standard InChI is InChI=1S/C10H7Cl3F3NO3/c1-19-8(18)17(9(11,12)13)6-2-4-7(5-3-6)20-10(14,15)16/h2-5H,1H3. The van der Waals surface area contributed by atoms with Crippen molar-refractivity contribution in [1.82, 2.24) is 0 Å². The van der Waals surface area contributed by atoms with Gasteiger partial charge in [0, 0.05) is 0 Å². The molecule has 0 radical (unpaired) electrons. The SMILES string of the molecule is COC(=O)N(c1ccc(OC(F)(F)F)cc1)C(Cl)(Cl)Cl. The van der Waals surface area contributed by atoms with Gasteiger partial charge in [0.15, 0.2) is 0 Å². The fraction of sp³-hybridized carbons (Fsp3) is 0.300. The highest BCUT2D eigenvalue weighted by Gasteiger charge is 2.36. The molecule has 0 atom stereocenters. The summed E-state index contributed by atoms with van der Waals surface area (Å²) in [5.41, 5.74) is 0.0198. The third-order valence-corrected chi connectivity index (χ3v) is 2.45. The number of benzene rings is 1. The first-order valence-corrected chi connectivity index (χ1v) is 5.98. The molecular weight excluding hydrogens is 345 g/mol. The van der Waals surface area contributed by atoms with E-state index in [9.17, 15) is 18.0 Å². The van der Waals surface area contributed by atoms with Gasteiger partial charge in [-0.15, -0.1) is 13.2 Å². The van der Waals surface area contributed by atoms with Crippen LogP contribution in [-0.2, 0) is 4.74 Å². The van der Waals surface area contributed by atoms with Crippen molar-refractivity contribution in [2.24, 2.45) is 0 Å². The number of ether oxygens (including phenoxy) is 2. The lowest BCUT2D eigenvalue weighted by atomic mass is 10.3. The molecule has 20 heavy (non-hydrogen) atoms. The molecule has 0 N–H and O–H groups in total. The molecule has 1 aromatic carbocycles. The molecule has 112 valence electrons. The second kappa shape index (κ2) is 6.15. The van der Waals surface area contributed by atoms with Crippen molar-refractivity contribution in [2.45, 2.75) is 10.3 Å². The minimum atomic E-state index is -4.82. The van der Waals surface area contributed by atoms with E-state index < -0.39 is 22.1 Å². The van der Waals surface area contributed by atoms with Crippen molar-refractivity contribution in [3.8, 4) is 5.75 Å². The molecule has 0 spiro atoms. The molecule has 1 aromatic rings. The second-order valence-electron chi connectivity index (χ2n) is 3.31. The number of halogens is 6. The van der Waals surface area contributed by atoms with Crippen molar-refractivity contribution in [2.75, 3.05) is 12.0 Å². The van der Waals surface area contributed by atoms with Gasteiger partial charge in [0.1, 0.15) is 5.75 Å². The highest BCUT2D eigenvalue weighted by Crippen LogP contribution is 2.36. The van der Waals surface area contributed by atoms with Gasteiger partial charge in [0.05, 0.1) is 12.8 Å². The van der Waals surface area contributed by atoms with Gasteiger partial charge in [0.2, 0.25) is 0 Å². The average Bonchev–Trinajstić information content (AvgIpc) is 2.27. The minimum absolute atomic E-state index is 0.0198. The van der Waals surface area contributed by atoms with Crippen LogP contribution in [-0.4, -0.2) is 23.5 Å². The van der Waals surface area contributed by atoms with Gasteiger partial charge >= 0.3 is 12.5 Å². The third-order valence-electron chi connectivity index (χ3n) is 1.94.